The third-order valence-electron chi connectivity index (χ3n) is 3.66. The van der Waals surface area contributed by atoms with Crippen LogP contribution in [0.4, 0.5) is 0 Å². The lowest BCUT2D eigenvalue weighted by atomic mass is 9.89. The van der Waals surface area contributed by atoms with Crippen LogP contribution >= 0.6 is 0 Å². The Hall–Kier alpha value is -1.35. The fraction of sp³-hybridized carbons (Fsp3) is 0.500. The number of nitrogens with two attached hydrogens (primary N) is 1. The monoisotopic (exact) mass is 230 g/mol. The first kappa shape index (κ1) is 10.8. The van der Waals surface area contributed by atoms with Crippen LogP contribution in [-0.4, -0.2) is 4.98 Å². The lowest BCUT2D eigenvalue weighted by Gasteiger charge is -2.17. The van der Waals surface area contributed by atoms with Gasteiger partial charge in [-0.25, -0.2) is 4.98 Å². The molecular formula is C14H18N2O. The van der Waals surface area contributed by atoms with Crippen LogP contribution in [0.1, 0.15) is 49.5 Å². The molecule has 0 amide bonds. The van der Waals surface area contributed by atoms with Gasteiger partial charge in [0, 0.05) is 12.5 Å². The summed E-state index contributed by atoms with van der Waals surface area (Å²) >= 11 is 0. The highest BCUT2D eigenvalue weighted by Crippen LogP contribution is 2.33. The molecule has 0 bridgehead atoms. The van der Waals surface area contributed by atoms with E-state index in [1.807, 2.05) is 18.2 Å². The minimum absolute atomic E-state index is 0.525. The molecule has 2 aromatic rings. The van der Waals surface area contributed by atoms with E-state index >= 15 is 0 Å². The van der Waals surface area contributed by atoms with E-state index in [1.54, 1.807) is 0 Å². The van der Waals surface area contributed by atoms with Crippen LogP contribution in [-0.2, 0) is 6.54 Å². The Labute approximate surface area is 101 Å². The Kier molecular flexibility index (Phi) is 2.85. The lowest BCUT2D eigenvalue weighted by molar-refractivity contribution is 0.373. The van der Waals surface area contributed by atoms with Gasteiger partial charge in [-0.1, -0.05) is 25.3 Å². The van der Waals surface area contributed by atoms with E-state index in [0.717, 1.165) is 22.6 Å². The number of benzene rings is 1. The fourth-order valence-electron chi connectivity index (χ4n) is 2.64. The van der Waals surface area contributed by atoms with Gasteiger partial charge in [-0.3, -0.25) is 0 Å². The number of hydrogen-bond donors (Lipinski definition) is 1. The molecule has 0 aliphatic heterocycles. The number of nitrogens with zero attached hydrogens (tertiary/aromatic N) is 1. The maximum atomic E-state index is 5.86. The minimum Gasteiger partial charge on any atom is -0.440 e. The molecule has 3 nitrogen and oxygen atoms in total. The number of aromatic nitrogens is 1. The molecule has 0 radical (unpaired) electrons. The second-order valence-corrected chi connectivity index (χ2v) is 4.89. The molecule has 1 aromatic carbocycles. The van der Waals surface area contributed by atoms with Crippen molar-refractivity contribution in [2.24, 2.45) is 5.73 Å². The zero-order valence-corrected chi connectivity index (χ0v) is 9.98. The highest BCUT2D eigenvalue weighted by molar-refractivity contribution is 5.73. The number of hydrogen-bond acceptors (Lipinski definition) is 3. The summed E-state index contributed by atoms with van der Waals surface area (Å²) in [7, 11) is 0. The summed E-state index contributed by atoms with van der Waals surface area (Å²) in [5.74, 6) is 1.45. The molecule has 0 spiro atoms. The molecule has 0 atom stereocenters. The van der Waals surface area contributed by atoms with Gasteiger partial charge in [0.15, 0.2) is 11.5 Å². The summed E-state index contributed by atoms with van der Waals surface area (Å²) in [6.07, 6.45) is 6.40. The predicted molar refractivity (Wildman–Crippen MR) is 67.7 cm³/mol. The normalized spacial score (nSPS) is 17.7. The number of oxazole rings is 1. The van der Waals surface area contributed by atoms with Crippen LogP contribution < -0.4 is 5.73 Å². The van der Waals surface area contributed by atoms with Crippen molar-refractivity contribution >= 4 is 11.1 Å². The van der Waals surface area contributed by atoms with E-state index < -0.39 is 0 Å². The Morgan fingerprint density at radius 3 is 2.82 bits per heavy atom. The third kappa shape index (κ3) is 2.07. The lowest BCUT2D eigenvalue weighted by Crippen LogP contribution is -2.04. The Bertz CT molecular complexity index is 512. The van der Waals surface area contributed by atoms with Crippen molar-refractivity contribution in [3.63, 3.8) is 0 Å². The van der Waals surface area contributed by atoms with Crippen molar-refractivity contribution in [2.45, 2.75) is 44.6 Å². The van der Waals surface area contributed by atoms with Crippen LogP contribution in [0.3, 0.4) is 0 Å². The first-order valence-corrected chi connectivity index (χ1v) is 6.46. The van der Waals surface area contributed by atoms with Crippen molar-refractivity contribution in [1.82, 2.24) is 4.98 Å². The summed E-state index contributed by atoms with van der Waals surface area (Å²) in [5.41, 5.74) is 8.59. The summed E-state index contributed by atoms with van der Waals surface area (Å²) < 4.78 is 5.86. The van der Waals surface area contributed by atoms with E-state index in [1.165, 1.54) is 32.1 Å². The summed E-state index contributed by atoms with van der Waals surface area (Å²) in [5, 5.41) is 0. The third-order valence-corrected chi connectivity index (χ3v) is 3.66. The zero-order chi connectivity index (χ0) is 11.7. The van der Waals surface area contributed by atoms with Crippen molar-refractivity contribution in [1.29, 1.82) is 0 Å². The zero-order valence-electron chi connectivity index (χ0n) is 9.98. The van der Waals surface area contributed by atoms with Gasteiger partial charge in [-0.05, 0) is 30.5 Å². The molecule has 1 aliphatic carbocycles. The van der Waals surface area contributed by atoms with Gasteiger partial charge >= 0.3 is 0 Å². The molecule has 3 rings (SSSR count). The van der Waals surface area contributed by atoms with Crippen LogP contribution in [0.5, 0.6) is 0 Å². The molecule has 2 N–H and O–H groups in total. The van der Waals surface area contributed by atoms with Gasteiger partial charge in [-0.15, -0.1) is 0 Å². The smallest absolute Gasteiger partial charge is 0.198 e. The van der Waals surface area contributed by atoms with Crippen LogP contribution in [0.2, 0.25) is 0 Å². The first-order chi connectivity index (χ1) is 8.36. The maximum Gasteiger partial charge on any atom is 0.198 e. The largest absolute Gasteiger partial charge is 0.440 e. The van der Waals surface area contributed by atoms with Gasteiger partial charge in [0.1, 0.15) is 5.52 Å². The molecule has 0 saturated heterocycles. The molecule has 90 valence electrons. The molecular weight excluding hydrogens is 212 g/mol. The highest BCUT2D eigenvalue weighted by Gasteiger charge is 2.20. The molecule has 0 unspecified atom stereocenters. The van der Waals surface area contributed by atoms with Gasteiger partial charge in [-0.2, -0.15) is 0 Å². The average molecular weight is 230 g/mol. The molecule has 1 fully saturated rings. The molecule has 1 saturated carbocycles. The predicted octanol–water partition coefficient (Wildman–Crippen LogP) is 3.33. The molecule has 1 aliphatic rings. The van der Waals surface area contributed by atoms with E-state index in [4.69, 9.17) is 10.2 Å². The Balaban J connectivity index is 1.95. The molecule has 17 heavy (non-hydrogen) atoms. The van der Waals surface area contributed by atoms with Crippen molar-refractivity contribution in [3.05, 3.63) is 29.7 Å². The SMILES string of the molecule is NCc1ccc2oc(C3CCCCC3)nc2c1. The Morgan fingerprint density at radius 2 is 2.06 bits per heavy atom. The van der Waals surface area contributed by atoms with Crippen molar-refractivity contribution in [2.75, 3.05) is 0 Å². The first-order valence-electron chi connectivity index (χ1n) is 6.46. The van der Waals surface area contributed by atoms with Crippen LogP contribution in [0.15, 0.2) is 22.6 Å². The number of fused-ring (bicyclic) bond motifs is 1. The van der Waals surface area contributed by atoms with Crippen LogP contribution in [0, 0.1) is 0 Å². The fourth-order valence-corrected chi connectivity index (χ4v) is 2.64. The molecule has 1 aromatic heterocycles. The van der Waals surface area contributed by atoms with Gasteiger partial charge in [0.25, 0.3) is 0 Å². The quantitative estimate of drug-likeness (QED) is 0.860. The maximum absolute atomic E-state index is 5.86. The summed E-state index contributed by atoms with van der Waals surface area (Å²) in [6.45, 7) is 0.557. The standard InChI is InChI=1S/C14H18N2O/c15-9-10-6-7-13-12(8-10)16-14(17-13)11-4-2-1-3-5-11/h6-8,11H,1-5,9,15H2. The molecule has 3 heteroatoms. The second-order valence-electron chi connectivity index (χ2n) is 4.89. The highest BCUT2D eigenvalue weighted by atomic mass is 16.3. The average Bonchev–Trinajstić information content (AvgIpc) is 2.82. The second kappa shape index (κ2) is 4.49. The van der Waals surface area contributed by atoms with Gasteiger partial charge in [0.2, 0.25) is 0 Å². The van der Waals surface area contributed by atoms with Crippen molar-refractivity contribution in [3.8, 4) is 0 Å². The van der Waals surface area contributed by atoms with Gasteiger partial charge in [0.05, 0.1) is 0 Å². The van der Waals surface area contributed by atoms with E-state index in [-0.39, 0.29) is 0 Å². The Morgan fingerprint density at radius 1 is 1.24 bits per heavy atom. The van der Waals surface area contributed by atoms with E-state index in [2.05, 4.69) is 4.98 Å². The topological polar surface area (TPSA) is 52.0 Å². The van der Waals surface area contributed by atoms with E-state index in [9.17, 15) is 0 Å². The van der Waals surface area contributed by atoms with Crippen LogP contribution in [0.25, 0.3) is 11.1 Å². The van der Waals surface area contributed by atoms with Gasteiger partial charge < -0.3 is 10.2 Å². The summed E-state index contributed by atoms with van der Waals surface area (Å²) in [4.78, 5) is 4.62. The summed E-state index contributed by atoms with van der Waals surface area (Å²) in [6, 6.07) is 6.03. The van der Waals surface area contributed by atoms with E-state index in [0.29, 0.717) is 12.5 Å². The van der Waals surface area contributed by atoms with Crippen molar-refractivity contribution < 1.29 is 4.42 Å². The minimum atomic E-state index is 0.525. The number of rotatable bonds is 2. The molecule has 1 heterocycles.